The molecule has 3 rings (SSSR count). The van der Waals surface area contributed by atoms with Gasteiger partial charge in [-0.15, -0.1) is 0 Å². The molecule has 1 amide bonds. The molecule has 0 spiro atoms. The van der Waals surface area contributed by atoms with E-state index >= 15 is 0 Å². The molecule has 2 unspecified atom stereocenters. The fourth-order valence-corrected chi connectivity index (χ4v) is 3.83. The van der Waals surface area contributed by atoms with E-state index in [1.807, 2.05) is 6.92 Å². The number of nitrogens with one attached hydrogen (secondary N) is 1. The molecule has 5 nitrogen and oxygen atoms in total. The summed E-state index contributed by atoms with van der Waals surface area (Å²) < 4.78 is 1.79. The average molecular weight is 311 g/mol. The fraction of sp³-hybridized carbons (Fsp3) is 0.733. The molecule has 2 bridgehead atoms. The zero-order valence-electron chi connectivity index (χ0n) is 12.7. The van der Waals surface area contributed by atoms with E-state index in [2.05, 4.69) is 22.4 Å². The van der Waals surface area contributed by atoms with E-state index in [-0.39, 0.29) is 5.91 Å². The lowest BCUT2D eigenvalue weighted by atomic mass is 9.98. The zero-order valence-corrected chi connectivity index (χ0v) is 13.4. The Balaban J connectivity index is 1.48. The van der Waals surface area contributed by atoms with Gasteiger partial charge < -0.3 is 10.2 Å². The second kappa shape index (κ2) is 5.97. The molecule has 2 aliphatic heterocycles. The summed E-state index contributed by atoms with van der Waals surface area (Å²) in [7, 11) is 2.21. The van der Waals surface area contributed by atoms with E-state index in [9.17, 15) is 4.79 Å². The molecule has 116 valence electrons. The Morgan fingerprint density at radius 1 is 1.43 bits per heavy atom. The van der Waals surface area contributed by atoms with Crippen LogP contribution in [0.4, 0.5) is 0 Å². The fourth-order valence-electron chi connectivity index (χ4n) is 3.69. The van der Waals surface area contributed by atoms with Gasteiger partial charge in [0.1, 0.15) is 0 Å². The number of halogens is 1. The number of hydrogen-bond acceptors (Lipinski definition) is 3. The summed E-state index contributed by atoms with van der Waals surface area (Å²) in [4.78, 5) is 14.6. The SMILES string of the molecule is Cc1c(Cl)cnn1CCC(=O)NC1CC2CCC(C1)N2C. The molecule has 0 aliphatic carbocycles. The molecule has 6 heteroatoms. The number of carbonyl (C=O) groups excluding carboxylic acids is 1. The van der Waals surface area contributed by atoms with Crippen LogP contribution in [0.25, 0.3) is 0 Å². The second-order valence-corrected chi connectivity index (χ2v) is 6.74. The van der Waals surface area contributed by atoms with Crippen LogP contribution in [-0.4, -0.2) is 45.8 Å². The second-order valence-electron chi connectivity index (χ2n) is 6.34. The molecule has 3 heterocycles. The summed E-state index contributed by atoms with van der Waals surface area (Å²) >= 11 is 5.96. The van der Waals surface area contributed by atoms with Crippen molar-refractivity contribution in [2.24, 2.45) is 0 Å². The van der Waals surface area contributed by atoms with Crippen molar-refractivity contribution >= 4 is 17.5 Å². The highest BCUT2D eigenvalue weighted by Gasteiger charge is 2.38. The van der Waals surface area contributed by atoms with Crippen LogP contribution in [0, 0.1) is 6.92 Å². The number of amides is 1. The Labute approximate surface area is 130 Å². The Bertz CT molecular complexity index is 516. The van der Waals surface area contributed by atoms with Crippen molar-refractivity contribution in [3.05, 3.63) is 16.9 Å². The van der Waals surface area contributed by atoms with Gasteiger partial charge in [-0.05, 0) is 39.7 Å². The minimum atomic E-state index is 0.120. The van der Waals surface area contributed by atoms with Gasteiger partial charge in [0.15, 0.2) is 0 Å². The minimum Gasteiger partial charge on any atom is -0.353 e. The maximum atomic E-state index is 12.1. The van der Waals surface area contributed by atoms with Crippen molar-refractivity contribution in [2.45, 2.75) is 63.7 Å². The number of nitrogens with zero attached hydrogens (tertiary/aromatic N) is 3. The van der Waals surface area contributed by atoms with Crippen molar-refractivity contribution in [2.75, 3.05) is 7.05 Å². The van der Waals surface area contributed by atoms with E-state index in [1.165, 1.54) is 12.8 Å². The summed E-state index contributed by atoms with van der Waals surface area (Å²) in [6.07, 6.45) is 6.82. The predicted molar refractivity (Wildman–Crippen MR) is 82.3 cm³/mol. The third kappa shape index (κ3) is 3.09. The molecule has 0 saturated carbocycles. The number of piperidine rings is 1. The van der Waals surface area contributed by atoms with Crippen LogP contribution in [0.5, 0.6) is 0 Å². The molecule has 2 saturated heterocycles. The summed E-state index contributed by atoms with van der Waals surface area (Å²) in [6.45, 7) is 2.51. The summed E-state index contributed by atoms with van der Waals surface area (Å²) in [5.41, 5.74) is 0.918. The summed E-state index contributed by atoms with van der Waals surface area (Å²) in [6, 6.07) is 1.65. The van der Waals surface area contributed by atoms with Crippen LogP contribution in [0.2, 0.25) is 5.02 Å². The highest BCUT2D eigenvalue weighted by Crippen LogP contribution is 2.34. The van der Waals surface area contributed by atoms with Gasteiger partial charge in [-0.1, -0.05) is 11.6 Å². The maximum absolute atomic E-state index is 12.1. The molecule has 2 fully saturated rings. The van der Waals surface area contributed by atoms with Crippen molar-refractivity contribution in [1.29, 1.82) is 0 Å². The molecule has 2 atom stereocenters. The van der Waals surface area contributed by atoms with Crippen molar-refractivity contribution in [1.82, 2.24) is 20.0 Å². The first kappa shape index (κ1) is 14.9. The number of aromatic nitrogens is 2. The van der Waals surface area contributed by atoms with Gasteiger partial charge in [0, 0.05) is 24.5 Å². The molecular weight excluding hydrogens is 288 g/mol. The molecule has 1 aromatic rings. The van der Waals surface area contributed by atoms with Gasteiger partial charge in [-0.2, -0.15) is 5.10 Å². The number of rotatable bonds is 4. The number of carbonyl (C=O) groups is 1. The minimum absolute atomic E-state index is 0.120. The highest BCUT2D eigenvalue weighted by molar-refractivity contribution is 6.31. The van der Waals surface area contributed by atoms with Gasteiger partial charge in [-0.25, -0.2) is 0 Å². The molecule has 1 N–H and O–H groups in total. The Morgan fingerprint density at radius 3 is 2.67 bits per heavy atom. The smallest absolute Gasteiger partial charge is 0.222 e. The van der Waals surface area contributed by atoms with Crippen LogP contribution < -0.4 is 5.32 Å². The molecular formula is C15H23ClN4O. The first-order chi connectivity index (χ1) is 10.0. The van der Waals surface area contributed by atoms with Gasteiger partial charge in [0.25, 0.3) is 0 Å². The van der Waals surface area contributed by atoms with Crippen molar-refractivity contribution < 1.29 is 4.79 Å². The molecule has 1 aromatic heterocycles. The maximum Gasteiger partial charge on any atom is 0.222 e. The summed E-state index contributed by atoms with van der Waals surface area (Å²) in [5.74, 6) is 0.120. The standard InChI is InChI=1S/C15H23ClN4O/c1-10-14(16)9-17-20(10)6-5-15(21)18-11-7-12-3-4-13(8-11)19(12)2/h9,11-13H,3-8H2,1-2H3,(H,18,21). The summed E-state index contributed by atoms with van der Waals surface area (Å²) in [5, 5.41) is 8.03. The van der Waals surface area contributed by atoms with Gasteiger partial charge in [-0.3, -0.25) is 9.48 Å². The van der Waals surface area contributed by atoms with Gasteiger partial charge in [0.2, 0.25) is 5.91 Å². The average Bonchev–Trinajstić information content (AvgIpc) is 2.85. The first-order valence-electron chi connectivity index (χ1n) is 7.74. The van der Waals surface area contributed by atoms with Crippen LogP contribution in [-0.2, 0) is 11.3 Å². The Hall–Kier alpha value is -1.07. The van der Waals surface area contributed by atoms with E-state index in [0.717, 1.165) is 18.5 Å². The number of fused-ring (bicyclic) bond motifs is 2. The largest absolute Gasteiger partial charge is 0.353 e. The Morgan fingerprint density at radius 2 is 2.10 bits per heavy atom. The third-order valence-corrected chi connectivity index (χ3v) is 5.43. The number of aryl methyl sites for hydroxylation is 1. The van der Waals surface area contributed by atoms with Crippen LogP contribution >= 0.6 is 11.6 Å². The van der Waals surface area contributed by atoms with Crippen LogP contribution in [0.1, 0.15) is 37.8 Å². The highest BCUT2D eigenvalue weighted by atomic mass is 35.5. The van der Waals surface area contributed by atoms with Gasteiger partial charge in [0.05, 0.1) is 23.5 Å². The quantitative estimate of drug-likeness (QED) is 0.925. The van der Waals surface area contributed by atoms with Gasteiger partial charge >= 0.3 is 0 Å². The molecule has 0 aromatic carbocycles. The zero-order chi connectivity index (χ0) is 15.0. The first-order valence-corrected chi connectivity index (χ1v) is 8.11. The predicted octanol–water partition coefficient (Wildman–Crippen LogP) is 1.98. The van der Waals surface area contributed by atoms with E-state index in [4.69, 9.17) is 11.6 Å². The monoisotopic (exact) mass is 310 g/mol. The van der Waals surface area contributed by atoms with E-state index < -0.39 is 0 Å². The van der Waals surface area contributed by atoms with E-state index in [1.54, 1.807) is 10.9 Å². The van der Waals surface area contributed by atoms with Crippen LogP contribution in [0.15, 0.2) is 6.20 Å². The van der Waals surface area contributed by atoms with Crippen molar-refractivity contribution in [3.8, 4) is 0 Å². The normalized spacial score (nSPS) is 28.8. The lowest BCUT2D eigenvalue weighted by Crippen LogP contribution is -2.48. The van der Waals surface area contributed by atoms with Crippen LogP contribution in [0.3, 0.4) is 0 Å². The third-order valence-electron chi connectivity index (χ3n) is 5.06. The van der Waals surface area contributed by atoms with Crippen molar-refractivity contribution in [3.63, 3.8) is 0 Å². The molecule has 0 radical (unpaired) electrons. The number of hydrogen-bond donors (Lipinski definition) is 1. The lowest BCUT2D eigenvalue weighted by Gasteiger charge is -2.36. The Kier molecular flexibility index (Phi) is 4.22. The topological polar surface area (TPSA) is 50.2 Å². The molecule has 21 heavy (non-hydrogen) atoms. The van der Waals surface area contributed by atoms with E-state index in [0.29, 0.717) is 36.1 Å². The lowest BCUT2D eigenvalue weighted by molar-refractivity contribution is -0.122. The molecule has 2 aliphatic rings.